The van der Waals surface area contributed by atoms with Crippen LogP contribution >= 0.6 is 0 Å². The van der Waals surface area contributed by atoms with Crippen molar-refractivity contribution in [3.8, 4) is 0 Å². The van der Waals surface area contributed by atoms with Crippen molar-refractivity contribution in [2.75, 3.05) is 33.5 Å². The summed E-state index contributed by atoms with van der Waals surface area (Å²) in [6.45, 7) is 15.9. The van der Waals surface area contributed by atoms with Crippen LogP contribution in [0.15, 0.2) is 57.8 Å². The number of fused-ring (bicyclic) bond motifs is 10. The fraction of sp³-hybridized carbons (Fsp3) is 0.750. The Hall–Kier alpha value is -4.45. The molecule has 0 radical (unpaired) electrons. The van der Waals surface area contributed by atoms with Gasteiger partial charge in [-0.3, -0.25) is 24.0 Å². The van der Waals surface area contributed by atoms with Gasteiger partial charge in [-0.05, 0) is 147 Å². The lowest BCUT2D eigenvalue weighted by molar-refractivity contribution is -0.219. The van der Waals surface area contributed by atoms with Crippen molar-refractivity contribution in [2.24, 2.45) is 67.4 Å². The molecule has 0 unspecified atom stereocenters. The number of hydrazone groups is 2. The molecule has 6 saturated carbocycles. The van der Waals surface area contributed by atoms with Gasteiger partial charge in [-0.15, -0.1) is 0 Å². The number of ketones is 2. The SMILES string of the molecule is COC(C)(C)COC(C)(C)CCNC(=O)C(O)(CC(=O)N/N=C1\C=C[C@@]2(C)C(=C1)CC[C@H]1[C@@H]3C[C@@H](C)[C@](O)(C(=O)CO)[C@@]3(C)C[C@H](O)[C@@]12F)CC(=O)N/N=C1\C=C[C@@]2(C)C(=C1)CC[C@H]1[C@@H]3C[C@@H](C)[C@](O)(C(=O)CO)[C@@]3(C)C[C@H](O)[C@@]12F. The highest BCUT2D eigenvalue weighted by Gasteiger charge is 2.77. The fourth-order valence-corrected chi connectivity index (χ4v) is 16.9. The lowest BCUT2D eigenvalue weighted by Crippen LogP contribution is -2.69. The van der Waals surface area contributed by atoms with E-state index < -0.39 is 164 Å². The Labute approximate surface area is 473 Å². The van der Waals surface area contributed by atoms with Gasteiger partial charge in [0.15, 0.2) is 28.5 Å². The summed E-state index contributed by atoms with van der Waals surface area (Å²) in [5, 5.41) is 90.1. The maximum Gasteiger partial charge on any atom is 0.253 e. The number of hydrogen-bond donors (Lipinski definition) is 10. The second kappa shape index (κ2) is 21.3. The number of aliphatic hydroxyl groups is 7. The lowest BCUT2D eigenvalue weighted by atomic mass is 9.44. The molecule has 0 spiro atoms. The molecule has 0 aromatic carbocycles. The van der Waals surface area contributed by atoms with Crippen LogP contribution < -0.4 is 16.2 Å². The molecule has 10 N–H and O–H groups in total. The number of rotatable bonds is 18. The number of carbonyl (C=O) groups excluding carboxylic acids is 5. The zero-order valence-corrected chi connectivity index (χ0v) is 48.8. The number of Topliss-reactive ketones (excluding diaryl/α,β-unsaturated/α-hetero) is 2. The molecule has 6 fully saturated rings. The molecule has 3 amide bonds. The number of nitrogens with zero attached hydrogens (tertiary/aromatic N) is 2. The van der Waals surface area contributed by atoms with Crippen molar-refractivity contribution in [1.82, 2.24) is 16.2 Å². The Morgan fingerprint density at radius 2 is 1.10 bits per heavy atom. The summed E-state index contributed by atoms with van der Waals surface area (Å²) in [6.07, 6.45) is 5.92. The summed E-state index contributed by atoms with van der Waals surface area (Å²) in [6, 6.07) is 0. The van der Waals surface area contributed by atoms with E-state index in [0.29, 0.717) is 36.8 Å². The van der Waals surface area contributed by atoms with E-state index in [-0.39, 0.29) is 56.7 Å². The Kier molecular flexibility index (Phi) is 16.4. The van der Waals surface area contributed by atoms with Crippen molar-refractivity contribution in [1.29, 1.82) is 0 Å². The van der Waals surface area contributed by atoms with Gasteiger partial charge in [-0.1, -0.05) is 51.0 Å². The van der Waals surface area contributed by atoms with Crippen LogP contribution in [0.3, 0.4) is 0 Å². The van der Waals surface area contributed by atoms with E-state index in [9.17, 15) is 59.7 Å². The largest absolute Gasteiger partial charge is 0.390 e. The van der Waals surface area contributed by atoms with Crippen LogP contribution in [0.1, 0.15) is 140 Å². The topological polar surface area (TPSA) is 306 Å². The van der Waals surface area contributed by atoms with Gasteiger partial charge in [0.1, 0.15) is 24.4 Å². The van der Waals surface area contributed by atoms with E-state index in [0.717, 1.165) is 0 Å². The highest BCUT2D eigenvalue weighted by atomic mass is 19.1. The van der Waals surface area contributed by atoms with Crippen LogP contribution in [0.25, 0.3) is 0 Å². The first-order valence-corrected chi connectivity index (χ1v) is 28.7. The summed E-state index contributed by atoms with van der Waals surface area (Å²) >= 11 is 0. The van der Waals surface area contributed by atoms with Crippen molar-refractivity contribution in [2.45, 2.75) is 191 Å². The number of aliphatic hydroxyl groups excluding tert-OH is 4. The number of carbonyl (C=O) groups is 5. The highest BCUT2D eigenvalue weighted by molar-refractivity contribution is 6.07. The Morgan fingerprint density at radius 1 is 0.691 bits per heavy atom. The molecule has 19 nitrogen and oxygen atoms in total. The zero-order valence-electron chi connectivity index (χ0n) is 48.8. The van der Waals surface area contributed by atoms with E-state index in [1.165, 1.54) is 12.2 Å². The minimum absolute atomic E-state index is 0.0395. The molecule has 0 saturated heterocycles. The fourth-order valence-electron chi connectivity index (χ4n) is 16.9. The molecular formula is C60H87F2N5O14. The van der Waals surface area contributed by atoms with Gasteiger partial charge < -0.3 is 50.5 Å². The maximum atomic E-state index is 18.1. The summed E-state index contributed by atoms with van der Waals surface area (Å²) in [4.78, 5) is 67.7. The van der Waals surface area contributed by atoms with Gasteiger partial charge in [0.2, 0.25) is 11.8 Å². The molecule has 8 rings (SSSR count). The quantitative estimate of drug-likeness (QED) is 0.0873. The van der Waals surface area contributed by atoms with Crippen LogP contribution in [-0.2, 0) is 33.4 Å². The van der Waals surface area contributed by atoms with Crippen molar-refractivity contribution >= 4 is 40.7 Å². The minimum Gasteiger partial charge on any atom is -0.390 e. The maximum absolute atomic E-state index is 18.1. The molecule has 8 aliphatic rings. The molecule has 0 bridgehead atoms. The molecule has 450 valence electrons. The zero-order chi connectivity index (χ0) is 60.1. The van der Waals surface area contributed by atoms with E-state index in [2.05, 4.69) is 26.4 Å². The number of alkyl halides is 2. The van der Waals surface area contributed by atoms with Gasteiger partial charge in [-0.2, -0.15) is 10.2 Å². The monoisotopic (exact) mass is 1140 g/mol. The molecule has 8 aliphatic carbocycles. The highest BCUT2D eigenvalue weighted by Crippen LogP contribution is 2.72. The second-order valence-electron chi connectivity index (χ2n) is 27.2. The third kappa shape index (κ3) is 9.58. The molecular weight excluding hydrogens is 1050 g/mol. The Morgan fingerprint density at radius 3 is 1.48 bits per heavy atom. The number of hydrogen-bond acceptors (Lipinski definition) is 16. The summed E-state index contributed by atoms with van der Waals surface area (Å²) in [7, 11) is 1.56. The molecule has 21 heteroatoms. The van der Waals surface area contributed by atoms with E-state index in [4.69, 9.17) is 9.47 Å². The first kappa shape index (κ1) is 62.6. The smallest absolute Gasteiger partial charge is 0.253 e. The van der Waals surface area contributed by atoms with Crippen LogP contribution in [0.5, 0.6) is 0 Å². The van der Waals surface area contributed by atoms with E-state index >= 15 is 8.78 Å². The molecule has 16 atom stereocenters. The summed E-state index contributed by atoms with van der Waals surface area (Å²) < 4.78 is 47.6. The van der Waals surface area contributed by atoms with Crippen LogP contribution in [0.2, 0.25) is 0 Å². The number of amides is 3. The third-order valence-corrected chi connectivity index (χ3v) is 21.9. The van der Waals surface area contributed by atoms with Crippen LogP contribution in [-0.4, -0.2) is 161 Å². The van der Waals surface area contributed by atoms with Gasteiger partial charge in [0, 0.05) is 47.2 Å². The Bertz CT molecular complexity index is 2610. The van der Waals surface area contributed by atoms with E-state index in [1.807, 2.05) is 27.7 Å². The number of methoxy groups -OCH3 is 1. The number of ether oxygens (including phenoxy) is 2. The minimum atomic E-state index is -2.68. The molecule has 0 aliphatic heterocycles. The predicted octanol–water partition coefficient (Wildman–Crippen LogP) is 3.85. The van der Waals surface area contributed by atoms with Gasteiger partial charge in [-0.25, -0.2) is 19.6 Å². The summed E-state index contributed by atoms with van der Waals surface area (Å²) in [5.74, 6) is -8.16. The Balaban J connectivity index is 0.971. The molecule has 81 heavy (non-hydrogen) atoms. The third-order valence-electron chi connectivity index (χ3n) is 21.9. The van der Waals surface area contributed by atoms with Crippen LogP contribution in [0, 0.1) is 57.2 Å². The number of allylic oxidation sites excluding steroid dienone is 8. The van der Waals surface area contributed by atoms with Crippen LogP contribution in [0.4, 0.5) is 8.78 Å². The average Bonchev–Trinajstić information content (AvgIpc) is 3.99. The predicted molar refractivity (Wildman–Crippen MR) is 294 cm³/mol. The van der Waals surface area contributed by atoms with Crippen molar-refractivity contribution < 1.29 is 78.0 Å². The number of halogens is 2. The lowest BCUT2D eigenvalue weighted by Gasteiger charge is -2.62. The van der Waals surface area contributed by atoms with E-state index in [1.54, 1.807) is 73.0 Å². The van der Waals surface area contributed by atoms with Gasteiger partial charge in [0.25, 0.3) is 5.91 Å². The first-order valence-electron chi connectivity index (χ1n) is 28.7. The molecule has 0 heterocycles. The average molecular weight is 1140 g/mol. The summed E-state index contributed by atoms with van der Waals surface area (Å²) in [5.41, 5.74) is -11.3. The van der Waals surface area contributed by atoms with Crippen molar-refractivity contribution in [3.05, 3.63) is 47.6 Å². The normalized spacial score (nSPS) is 41.6. The van der Waals surface area contributed by atoms with Gasteiger partial charge in [0.05, 0.1) is 54.3 Å². The van der Waals surface area contributed by atoms with Crippen molar-refractivity contribution in [3.63, 3.8) is 0 Å². The number of nitrogens with one attached hydrogen (secondary N) is 3. The second-order valence-corrected chi connectivity index (χ2v) is 27.2. The molecule has 0 aromatic heterocycles. The molecule has 0 aromatic rings. The standard InChI is InChI=1S/C60H87F2N5O14/c1-33-22-41-39-14-12-35-24-37(16-18-52(35,7)57(39,61)43(70)26-54(41,9)59(33,78)45(72)30-68)64-66-47(74)28-56(77,49(76)63-21-20-50(3,4)81-32-51(5,6)80-11)29-48(75)67-65-38-17-19-53(8)36(25-38)13-15-40-42-23-34(2)60(79,46(73)31-69)55(42,10)27-44(71)58(40,53)62/h16-19,24-25,33-34,39-44,68-71,77-79H,12-15,20-23,26-32H2,1-11H3,(H,63,76)(H,66,74)(H,67,75)/b64-37+,65-38+/t33-,34-,39+,40+,41+,42+,43+,44+,52+,53+,54+,55+,57+,58+,59+,60+/m1/s1. The van der Waals surface area contributed by atoms with Gasteiger partial charge >= 0.3 is 0 Å². The first-order chi connectivity index (χ1) is 37.5.